The Morgan fingerprint density at radius 2 is 1.07 bits per heavy atom. The van der Waals surface area contributed by atoms with E-state index < -0.39 is 0 Å². The number of ether oxygens (including phenoxy) is 1. The zero-order valence-electron chi connectivity index (χ0n) is 40.8. The fraction of sp³-hybridized carbons (Fsp3) is 0.226. The van der Waals surface area contributed by atoms with Crippen LogP contribution in [-0.2, 0) is 42.7 Å². The van der Waals surface area contributed by atoms with Gasteiger partial charge < -0.3 is 19.1 Å². The average molecular weight is 1070 g/mol. The van der Waals surface area contributed by atoms with Crippen LogP contribution in [0.1, 0.15) is 103 Å². The molecule has 9 aromatic rings. The van der Waals surface area contributed by atoms with Gasteiger partial charge in [-0.15, -0.1) is 48.1 Å². The number of rotatable bonds is 9. The van der Waals surface area contributed by atoms with Gasteiger partial charge in [0.15, 0.2) is 0 Å². The predicted octanol–water partition coefficient (Wildman–Crippen LogP) is 16.2. The van der Waals surface area contributed by atoms with Crippen molar-refractivity contribution in [2.75, 3.05) is 9.80 Å². The molecule has 0 radical (unpaired) electrons. The van der Waals surface area contributed by atoms with Crippen molar-refractivity contribution in [3.8, 4) is 17.3 Å². The minimum absolute atomic E-state index is 0. The van der Waals surface area contributed by atoms with Crippen LogP contribution < -0.4 is 14.5 Å². The van der Waals surface area contributed by atoms with Crippen LogP contribution in [0.4, 0.5) is 22.7 Å². The topological polar surface area (TPSA) is 33.5 Å². The Labute approximate surface area is 417 Å². The Morgan fingerprint density at radius 1 is 0.471 bits per heavy atom. The molecule has 5 nitrogen and oxygen atoms in total. The largest absolute Gasteiger partial charge is 0.509 e. The molecule has 2 aromatic heterocycles. The van der Waals surface area contributed by atoms with E-state index in [2.05, 4.69) is 230 Å². The van der Waals surface area contributed by atoms with E-state index in [0.717, 1.165) is 50.4 Å². The Hall–Kier alpha value is -6.42. The molecule has 0 unspecified atom stereocenters. The fourth-order valence-electron chi connectivity index (χ4n) is 9.47. The first-order chi connectivity index (χ1) is 32.0. The molecule has 3 heterocycles. The zero-order valence-corrected chi connectivity index (χ0v) is 43.0. The first kappa shape index (κ1) is 46.7. The first-order valence-corrected chi connectivity index (χ1v) is 23.4. The van der Waals surface area contributed by atoms with Gasteiger partial charge >= 0.3 is 0 Å². The van der Waals surface area contributed by atoms with E-state index in [1.807, 2.05) is 42.6 Å². The molecule has 0 spiro atoms. The molecule has 7 aromatic carbocycles. The summed E-state index contributed by atoms with van der Waals surface area (Å²) in [4.78, 5) is 9.38. The van der Waals surface area contributed by atoms with Crippen molar-refractivity contribution in [1.29, 1.82) is 0 Å². The maximum Gasteiger partial charge on any atom is 0.135 e. The summed E-state index contributed by atoms with van der Waals surface area (Å²) in [6.45, 7) is 25.2. The van der Waals surface area contributed by atoms with Gasteiger partial charge in [-0.05, 0) is 92.1 Å². The van der Waals surface area contributed by atoms with Crippen molar-refractivity contribution in [3.63, 3.8) is 0 Å². The van der Waals surface area contributed by atoms with Crippen LogP contribution in [0, 0.1) is 18.8 Å². The molecule has 346 valence electrons. The van der Waals surface area contributed by atoms with E-state index in [4.69, 9.17) is 9.72 Å². The smallest absolute Gasteiger partial charge is 0.135 e. The van der Waals surface area contributed by atoms with Gasteiger partial charge in [-0.2, -0.15) is 12.1 Å². The molecular weight excluding hydrogens is 1010 g/mol. The second-order valence-electron chi connectivity index (χ2n) is 21.2. The van der Waals surface area contributed by atoms with Gasteiger partial charge in [0, 0.05) is 72.2 Å². The number of hydrogen-bond donors (Lipinski definition) is 0. The van der Waals surface area contributed by atoms with Crippen molar-refractivity contribution >= 4 is 44.6 Å². The summed E-state index contributed by atoms with van der Waals surface area (Å²) in [6.07, 6.45) is 1.84. The summed E-state index contributed by atoms with van der Waals surface area (Å²) in [5, 5.41) is 2.26. The number of pyridine rings is 1. The molecular formula is C62H59N4OPt-3. The number of hydrogen-bond acceptors (Lipinski definition) is 4. The summed E-state index contributed by atoms with van der Waals surface area (Å²) in [6, 6.07) is 66.1. The molecule has 6 heteroatoms. The van der Waals surface area contributed by atoms with Crippen LogP contribution in [0.2, 0.25) is 0 Å². The fourth-order valence-corrected chi connectivity index (χ4v) is 9.47. The van der Waals surface area contributed by atoms with Gasteiger partial charge in [-0.3, -0.25) is 0 Å². The second-order valence-corrected chi connectivity index (χ2v) is 21.2. The molecule has 0 N–H and O–H groups in total. The number of benzene rings is 7. The summed E-state index contributed by atoms with van der Waals surface area (Å²) >= 11 is 0. The van der Waals surface area contributed by atoms with Crippen LogP contribution in [0.3, 0.4) is 0 Å². The summed E-state index contributed by atoms with van der Waals surface area (Å²) in [7, 11) is 0. The maximum atomic E-state index is 6.71. The standard InChI is InChI=1S/C62H59N4O.Pt/c1-59(2,3)44-27-31-54-53(37-44)52-30-29-51(40-56(52)66(54)58-26-17-18-33-63-58)67-50-25-19-24-48(39-50)64-41-65(57-38-45(60(4,5)6)28-32-55(57)64)49-35-46(61(7,8)42-20-13-11-14-21-42)34-47(36-49)62(9,10)43-22-15-12-16-23-43;/h11-38,41H,1-10H3;/q-3;. The van der Waals surface area contributed by atoms with Crippen molar-refractivity contribution in [2.45, 2.75) is 90.9 Å². The SMILES string of the molecule is CC(C)(C)c1ccc2c(c1)N(c1cc(C(C)(C)c3ccccc3)cc(C(C)(C)c3ccccc3)c1)[CH-]N2c1[c-]c(Oc2[c-]c3c(cc2)c2cc(C(C)(C)C)ccc2n3-c2ccccn2)ccc1.[Pt]. The molecule has 0 saturated heterocycles. The average Bonchev–Trinajstić information content (AvgIpc) is 3.87. The van der Waals surface area contributed by atoms with Crippen molar-refractivity contribution in [3.05, 3.63) is 222 Å². The molecule has 0 saturated carbocycles. The number of anilines is 4. The molecule has 0 atom stereocenters. The summed E-state index contributed by atoms with van der Waals surface area (Å²) in [5.41, 5.74) is 13.1. The number of fused-ring (bicyclic) bond motifs is 4. The third kappa shape index (κ3) is 8.56. The van der Waals surface area contributed by atoms with Crippen LogP contribution in [0.15, 0.2) is 170 Å². The third-order valence-corrected chi connectivity index (χ3v) is 13.8. The Balaban J connectivity index is 0.00000578. The van der Waals surface area contributed by atoms with Crippen LogP contribution in [0.25, 0.3) is 27.6 Å². The molecule has 0 fully saturated rings. The van der Waals surface area contributed by atoms with Gasteiger partial charge in [0.1, 0.15) is 5.82 Å². The molecule has 1 aliphatic rings. The van der Waals surface area contributed by atoms with Gasteiger partial charge in [-0.25, -0.2) is 4.98 Å². The summed E-state index contributed by atoms with van der Waals surface area (Å²) < 4.78 is 8.89. The minimum atomic E-state index is -0.269. The van der Waals surface area contributed by atoms with Gasteiger partial charge in [-0.1, -0.05) is 166 Å². The molecule has 0 amide bonds. The molecule has 10 rings (SSSR count). The van der Waals surface area contributed by atoms with E-state index in [1.54, 1.807) is 0 Å². The van der Waals surface area contributed by atoms with Crippen LogP contribution in [-0.4, -0.2) is 9.55 Å². The molecule has 68 heavy (non-hydrogen) atoms. The van der Waals surface area contributed by atoms with E-state index in [9.17, 15) is 0 Å². The van der Waals surface area contributed by atoms with Crippen LogP contribution >= 0.6 is 0 Å². The second kappa shape index (κ2) is 17.6. The first-order valence-electron chi connectivity index (χ1n) is 23.4. The summed E-state index contributed by atoms with van der Waals surface area (Å²) in [5.74, 6) is 2.03. The molecule has 0 aliphatic carbocycles. The third-order valence-electron chi connectivity index (χ3n) is 13.8. The van der Waals surface area contributed by atoms with E-state index in [1.165, 1.54) is 33.4 Å². The maximum absolute atomic E-state index is 6.71. The Kier molecular flexibility index (Phi) is 12.1. The van der Waals surface area contributed by atoms with Crippen molar-refractivity contribution < 1.29 is 25.8 Å². The monoisotopic (exact) mass is 1070 g/mol. The van der Waals surface area contributed by atoms with Gasteiger partial charge in [0.2, 0.25) is 0 Å². The molecule has 1 aliphatic heterocycles. The van der Waals surface area contributed by atoms with Gasteiger partial charge in [0.25, 0.3) is 0 Å². The van der Waals surface area contributed by atoms with E-state index >= 15 is 0 Å². The van der Waals surface area contributed by atoms with Gasteiger partial charge in [0.05, 0.1) is 0 Å². The zero-order chi connectivity index (χ0) is 46.9. The minimum Gasteiger partial charge on any atom is -0.509 e. The van der Waals surface area contributed by atoms with Crippen molar-refractivity contribution in [1.82, 2.24) is 9.55 Å². The predicted molar refractivity (Wildman–Crippen MR) is 279 cm³/mol. The number of aromatic nitrogens is 2. The Bertz CT molecular complexity index is 3200. The van der Waals surface area contributed by atoms with Crippen LogP contribution in [0.5, 0.6) is 11.5 Å². The van der Waals surface area contributed by atoms with E-state index in [-0.39, 0.29) is 42.7 Å². The number of nitrogens with zero attached hydrogens (tertiary/aromatic N) is 4. The van der Waals surface area contributed by atoms with Crippen molar-refractivity contribution in [2.24, 2.45) is 0 Å². The quantitative estimate of drug-likeness (QED) is 0.135. The normalized spacial score (nSPS) is 13.2. The van der Waals surface area contributed by atoms with E-state index in [0.29, 0.717) is 11.5 Å². The Morgan fingerprint density at radius 3 is 1.69 bits per heavy atom. The molecule has 0 bridgehead atoms.